The molecule has 0 bridgehead atoms. The largest absolute Gasteiger partial charge is 0.389 e. The van der Waals surface area contributed by atoms with Gasteiger partial charge in [-0.3, -0.25) is 0 Å². The highest BCUT2D eigenvalue weighted by Gasteiger charge is 2.13. The fraction of sp³-hybridized carbons (Fsp3) is 0.267. The van der Waals surface area contributed by atoms with E-state index in [0.29, 0.717) is 10.0 Å². The minimum Gasteiger partial charge on any atom is -0.389 e. The van der Waals surface area contributed by atoms with E-state index in [-0.39, 0.29) is 6.04 Å². The first kappa shape index (κ1) is 15.3. The van der Waals surface area contributed by atoms with Gasteiger partial charge in [0, 0.05) is 10.4 Å². The van der Waals surface area contributed by atoms with Crippen molar-refractivity contribution in [2.24, 2.45) is 5.73 Å². The highest BCUT2D eigenvalue weighted by Crippen LogP contribution is 2.31. The normalized spacial score (nSPS) is 12.1. The standard InChI is InChI=1S/C15H17ClN2S2/c1-2-4-13(14-5-3-8-20-14)18-12-7-6-10(15(17)19)9-11(12)16/h3,5-9,13,18H,2,4H2,1H3,(H2,17,19). The number of thiocarbonyl (C=S) groups is 1. The van der Waals surface area contributed by atoms with Crippen molar-refractivity contribution in [1.82, 2.24) is 0 Å². The number of hydrogen-bond acceptors (Lipinski definition) is 3. The van der Waals surface area contributed by atoms with Crippen molar-refractivity contribution >= 4 is 45.8 Å². The highest BCUT2D eigenvalue weighted by atomic mass is 35.5. The highest BCUT2D eigenvalue weighted by molar-refractivity contribution is 7.80. The van der Waals surface area contributed by atoms with Crippen LogP contribution in [-0.2, 0) is 0 Å². The first-order valence-electron chi connectivity index (χ1n) is 6.51. The van der Waals surface area contributed by atoms with Crippen LogP contribution in [-0.4, -0.2) is 4.99 Å². The second-order valence-corrected chi connectivity index (χ2v) is 6.39. The van der Waals surface area contributed by atoms with Gasteiger partial charge in [0.15, 0.2) is 0 Å². The number of anilines is 1. The molecule has 3 N–H and O–H groups in total. The molecule has 2 nitrogen and oxygen atoms in total. The van der Waals surface area contributed by atoms with Crippen LogP contribution in [0.3, 0.4) is 0 Å². The van der Waals surface area contributed by atoms with E-state index in [1.807, 2.05) is 18.2 Å². The number of nitrogens with two attached hydrogens (primary N) is 1. The molecule has 1 aromatic heterocycles. The van der Waals surface area contributed by atoms with Crippen LogP contribution in [0.25, 0.3) is 0 Å². The van der Waals surface area contributed by atoms with Gasteiger partial charge in [0.25, 0.3) is 0 Å². The van der Waals surface area contributed by atoms with Gasteiger partial charge in [-0.15, -0.1) is 11.3 Å². The lowest BCUT2D eigenvalue weighted by atomic mass is 10.1. The summed E-state index contributed by atoms with van der Waals surface area (Å²) in [6.07, 6.45) is 2.17. The van der Waals surface area contributed by atoms with Crippen molar-refractivity contribution in [1.29, 1.82) is 0 Å². The maximum atomic E-state index is 6.30. The lowest BCUT2D eigenvalue weighted by Gasteiger charge is -2.19. The number of rotatable bonds is 6. The quantitative estimate of drug-likeness (QED) is 0.735. The van der Waals surface area contributed by atoms with Crippen molar-refractivity contribution < 1.29 is 0 Å². The third-order valence-corrected chi connectivity index (χ3v) is 4.58. The number of nitrogens with one attached hydrogen (secondary N) is 1. The van der Waals surface area contributed by atoms with Crippen LogP contribution in [0, 0.1) is 0 Å². The zero-order valence-corrected chi connectivity index (χ0v) is 13.6. The zero-order valence-electron chi connectivity index (χ0n) is 11.2. The maximum absolute atomic E-state index is 6.30. The molecule has 2 rings (SSSR count). The van der Waals surface area contributed by atoms with E-state index in [0.717, 1.165) is 24.1 Å². The van der Waals surface area contributed by atoms with Gasteiger partial charge in [-0.1, -0.05) is 43.2 Å². The van der Waals surface area contributed by atoms with Crippen molar-refractivity contribution in [3.05, 3.63) is 51.2 Å². The van der Waals surface area contributed by atoms with Crippen molar-refractivity contribution in [2.45, 2.75) is 25.8 Å². The van der Waals surface area contributed by atoms with E-state index < -0.39 is 0 Å². The summed E-state index contributed by atoms with van der Waals surface area (Å²) in [6, 6.07) is 10.1. The molecule has 0 amide bonds. The van der Waals surface area contributed by atoms with Crippen LogP contribution < -0.4 is 11.1 Å². The van der Waals surface area contributed by atoms with Gasteiger partial charge in [-0.05, 0) is 36.1 Å². The van der Waals surface area contributed by atoms with E-state index in [4.69, 9.17) is 29.6 Å². The predicted octanol–water partition coefficient (Wildman–Crippen LogP) is 4.99. The van der Waals surface area contributed by atoms with Crippen molar-refractivity contribution in [2.75, 3.05) is 5.32 Å². The third-order valence-electron chi connectivity index (χ3n) is 3.05. The van der Waals surface area contributed by atoms with Gasteiger partial charge in [0.05, 0.1) is 16.8 Å². The zero-order chi connectivity index (χ0) is 14.5. The molecule has 0 saturated carbocycles. The van der Waals surface area contributed by atoms with Gasteiger partial charge >= 0.3 is 0 Å². The second kappa shape index (κ2) is 7.07. The fourth-order valence-corrected chi connectivity index (χ4v) is 3.21. The number of thiophene rings is 1. The smallest absolute Gasteiger partial charge is 0.104 e. The second-order valence-electron chi connectivity index (χ2n) is 4.56. The topological polar surface area (TPSA) is 38.0 Å². The summed E-state index contributed by atoms with van der Waals surface area (Å²) in [5, 5.41) is 6.25. The Morgan fingerprint density at radius 2 is 2.25 bits per heavy atom. The Morgan fingerprint density at radius 1 is 1.45 bits per heavy atom. The molecule has 106 valence electrons. The van der Waals surface area contributed by atoms with E-state index >= 15 is 0 Å². The molecule has 2 aromatic rings. The Labute approximate surface area is 134 Å². The first-order chi connectivity index (χ1) is 9.61. The summed E-state index contributed by atoms with van der Waals surface area (Å²) in [7, 11) is 0. The number of benzene rings is 1. The predicted molar refractivity (Wildman–Crippen MR) is 92.9 cm³/mol. The Hall–Kier alpha value is -1.10. The van der Waals surface area contributed by atoms with Crippen LogP contribution in [0.5, 0.6) is 0 Å². The molecule has 0 aliphatic heterocycles. The Morgan fingerprint density at radius 3 is 2.80 bits per heavy atom. The maximum Gasteiger partial charge on any atom is 0.104 e. The van der Waals surface area contributed by atoms with Crippen LogP contribution >= 0.6 is 35.2 Å². The summed E-state index contributed by atoms with van der Waals surface area (Å²) >= 11 is 13.0. The number of hydrogen-bond donors (Lipinski definition) is 2. The van der Waals surface area contributed by atoms with E-state index in [1.165, 1.54) is 4.88 Å². The third kappa shape index (κ3) is 3.72. The molecule has 0 spiro atoms. The van der Waals surface area contributed by atoms with Crippen molar-refractivity contribution in [3.8, 4) is 0 Å². The Bertz CT molecular complexity index is 582. The average Bonchev–Trinajstić information content (AvgIpc) is 2.94. The molecule has 1 aromatic carbocycles. The average molecular weight is 325 g/mol. The van der Waals surface area contributed by atoms with Gasteiger partial charge in [-0.2, -0.15) is 0 Å². The van der Waals surface area contributed by atoms with Gasteiger partial charge in [0.1, 0.15) is 4.99 Å². The molecular weight excluding hydrogens is 308 g/mol. The van der Waals surface area contributed by atoms with Crippen molar-refractivity contribution in [3.63, 3.8) is 0 Å². The molecule has 0 radical (unpaired) electrons. The van der Waals surface area contributed by atoms with Gasteiger partial charge < -0.3 is 11.1 Å². The monoisotopic (exact) mass is 324 g/mol. The molecule has 1 unspecified atom stereocenters. The molecule has 1 atom stereocenters. The lowest BCUT2D eigenvalue weighted by molar-refractivity contribution is 0.688. The molecule has 5 heteroatoms. The summed E-state index contributed by atoms with van der Waals surface area (Å²) in [5.41, 5.74) is 7.32. The lowest BCUT2D eigenvalue weighted by Crippen LogP contribution is -2.11. The van der Waals surface area contributed by atoms with Gasteiger partial charge in [-0.25, -0.2) is 0 Å². The SMILES string of the molecule is CCCC(Nc1ccc(C(N)=S)cc1Cl)c1cccs1. The number of halogens is 1. The molecule has 20 heavy (non-hydrogen) atoms. The van der Waals surface area contributed by atoms with E-state index in [2.05, 4.69) is 29.8 Å². The summed E-state index contributed by atoms with van der Waals surface area (Å²) < 4.78 is 0. The summed E-state index contributed by atoms with van der Waals surface area (Å²) in [5.74, 6) is 0. The first-order valence-corrected chi connectivity index (χ1v) is 8.17. The summed E-state index contributed by atoms with van der Waals surface area (Å²) in [4.78, 5) is 1.68. The van der Waals surface area contributed by atoms with Gasteiger partial charge in [0.2, 0.25) is 0 Å². The Balaban J connectivity index is 2.21. The fourth-order valence-electron chi connectivity index (χ4n) is 2.04. The molecule has 0 fully saturated rings. The summed E-state index contributed by atoms with van der Waals surface area (Å²) in [6.45, 7) is 2.18. The molecule has 0 saturated heterocycles. The minimum absolute atomic E-state index is 0.285. The molecule has 0 aliphatic rings. The van der Waals surface area contributed by atoms with Crippen LogP contribution in [0.2, 0.25) is 5.02 Å². The molecule has 0 aliphatic carbocycles. The molecular formula is C15H17ClN2S2. The van der Waals surface area contributed by atoms with Crippen LogP contribution in [0.4, 0.5) is 5.69 Å². The Kier molecular flexibility index (Phi) is 5.40. The molecule has 1 heterocycles. The van der Waals surface area contributed by atoms with Crippen LogP contribution in [0.15, 0.2) is 35.7 Å². The minimum atomic E-state index is 0.285. The van der Waals surface area contributed by atoms with E-state index in [9.17, 15) is 0 Å². The van der Waals surface area contributed by atoms with E-state index in [1.54, 1.807) is 11.3 Å². The van der Waals surface area contributed by atoms with Crippen LogP contribution in [0.1, 0.15) is 36.2 Å².